The molecular formula is C50H83NO5. The molecule has 3 atom stereocenters. The van der Waals surface area contributed by atoms with Gasteiger partial charge in [0.15, 0.2) is 0 Å². The molecule has 0 aliphatic carbocycles. The van der Waals surface area contributed by atoms with Crippen molar-refractivity contribution in [2.75, 3.05) is 6.61 Å². The first kappa shape index (κ1) is 52.8. The summed E-state index contributed by atoms with van der Waals surface area (Å²) in [6.45, 7) is 6.14. The largest absolute Gasteiger partial charge is 0.461 e. The third-order valence-electron chi connectivity index (χ3n) is 9.54. The number of amides is 1. The molecule has 0 heterocycles. The number of aliphatic hydroxyl groups is 2. The van der Waals surface area contributed by atoms with Crippen molar-refractivity contribution in [3.8, 4) is 0 Å². The van der Waals surface area contributed by atoms with E-state index in [9.17, 15) is 19.8 Å². The van der Waals surface area contributed by atoms with Crippen molar-refractivity contribution in [3.63, 3.8) is 0 Å². The molecule has 6 heteroatoms. The average Bonchev–Trinajstić information content (AvgIpc) is 3.19. The highest BCUT2D eigenvalue weighted by Gasteiger charge is 2.23. The maximum Gasteiger partial charge on any atom is 0.306 e. The van der Waals surface area contributed by atoms with Crippen LogP contribution in [0.5, 0.6) is 0 Å². The predicted molar refractivity (Wildman–Crippen MR) is 240 cm³/mol. The number of carbonyl (C=O) groups excluding carboxylic acids is 2. The van der Waals surface area contributed by atoms with E-state index in [-0.39, 0.29) is 24.9 Å². The van der Waals surface area contributed by atoms with Gasteiger partial charge in [0.1, 0.15) is 6.10 Å². The van der Waals surface area contributed by atoms with Crippen molar-refractivity contribution in [1.82, 2.24) is 5.32 Å². The fourth-order valence-electron chi connectivity index (χ4n) is 6.17. The molecular weight excluding hydrogens is 695 g/mol. The zero-order valence-corrected chi connectivity index (χ0v) is 36.0. The minimum atomic E-state index is -0.823. The third kappa shape index (κ3) is 37.7. The number of esters is 1. The van der Waals surface area contributed by atoms with Gasteiger partial charge in [-0.15, -0.1) is 0 Å². The van der Waals surface area contributed by atoms with Gasteiger partial charge in [0.25, 0.3) is 0 Å². The van der Waals surface area contributed by atoms with Crippen LogP contribution in [0.25, 0.3) is 0 Å². The molecule has 0 aromatic heterocycles. The monoisotopic (exact) mass is 778 g/mol. The number of ether oxygens (including phenoxy) is 1. The zero-order valence-electron chi connectivity index (χ0n) is 36.0. The molecule has 0 rings (SSSR count). The van der Waals surface area contributed by atoms with Crippen molar-refractivity contribution in [3.05, 3.63) is 97.2 Å². The van der Waals surface area contributed by atoms with Crippen LogP contribution in [0.4, 0.5) is 0 Å². The van der Waals surface area contributed by atoms with Crippen LogP contribution in [0.2, 0.25) is 0 Å². The van der Waals surface area contributed by atoms with Gasteiger partial charge in [-0.2, -0.15) is 0 Å². The Hall–Kier alpha value is -3.22. The number of carbonyl (C=O) groups is 2. The molecule has 0 fully saturated rings. The number of allylic oxidation sites excluding steroid dienone is 15. The fraction of sp³-hybridized carbons (Fsp3) is 0.640. The Morgan fingerprint density at radius 2 is 1.07 bits per heavy atom. The molecule has 0 aromatic rings. The number of hydrogen-bond donors (Lipinski definition) is 3. The van der Waals surface area contributed by atoms with Gasteiger partial charge in [-0.05, 0) is 51.4 Å². The number of aliphatic hydroxyl groups excluding tert-OH is 2. The number of nitrogens with one attached hydrogen (secondary N) is 1. The molecule has 0 spiro atoms. The lowest BCUT2D eigenvalue weighted by Crippen LogP contribution is -2.46. The summed E-state index contributed by atoms with van der Waals surface area (Å²) in [7, 11) is 0. The summed E-state index contributed by atoms with van der Waals surface area (Å²) < 4.78 is 5.81. The molecule has 0 aliphatic heterocycles. The van der Waals surface area contributed by atoms with E-state index in [1.807, 2.05) is 54.7 Å². The Balaban J connectivity index is 4.74. The van der Waals surface area contributed by atoms with Gasteiger partial charge in [-0.25, -0.2) is 0 Å². The molecule has 0 aliphatic rings. The highest BCUT2D eigenvalue weighted by atomic mass is 16.5. The van der Waals surface area contributed by atoms with Crippen LogP contribution in [0.3, 0.4) is 0 Å². The van der Waals surface area contributed by atoms with E-state index < -0.39 is 18.2 Å². The van der Waals surface area contributed by atoms with E-state index in [4.69, 9.17) is 4.74 Å². The Morgan fingerprint density at radius 1 is 0.571 bits per heavy atom. The predicted octanol–water partition coefficient (Wildman–Crippen LogP) is 13.0. The van der Waals surface area contributed by atoms with Crippen LogP contribution < -0.4 is 5.32 Å². The van der Waals surface area contributed by atoms with Gasteiger partial charge in [-0.1, -0.05) is 208 Å². The molecule has 56 heavy (non-hydrogen) atoms. The Labute approximate surface area is 344 Å². The van der Waals surface area contributed by atoms with Crippen molar-refractivity contribution >= 4 is 11.9 Å². The summed E-state index contributed by atoms with van der Waals surface area (Å²) in [6, 6.07) is -0.745. The van der Waals surface area contributed by atoms with Crippen LogP contribution in [0.1, 0.15) is 181 Å². The SMILES string of the molecule is CC/C=C/C=C/C=C\C=C/C=C/CC(CC(=O)NC(CO)C(O)CCCCCCCCCCCC)OC(=O)CCCCCCCC/C=C/C/C=C/C/C=C/CC. The van der Waals surface area contributed by atoms with E-state index in [0.717, 1.165) is 77.0 Å². The molecule has 6 nitrogen and oxygen atoms in total. The highest BCUT2D eigenvalue weighted by Crippen LogP contribution is 2.15. The van der Waals surface area contributed by atoms with Gasteiger partial charge in [0.05, 0.1) is 25.2 Å². The first-order valence-electron chi connectivity index (χ1n) is 22.5. The Morgan fingerprint density at radius 3 is 1.66 bits per heavy atom. The van der Waals surface area contributed by atoms with E-state index in [2.05, 4.69) is 68.6 Å². The smallest absolute Gasteiger partial charge is 0.306 e. The lowest BCUT2D eigenvalue weighted by atomic mass is 10.0. The van der Waals surface area contributed by atoms with E-state index in [1.54, 1.807) is 0 Å². The Bertz CT molecular complexity index is 1140. The summed E-state index contributed by atoms with van der Waals surface area (Å²) >= 11 is 0. The first-order chi connectivity index (χ1) is 27.5. The summed E-state index contributed by atoms with van der Waals surface area (Å²) in [5.74, 6) is -0.634. The topological polar surface area (TPSA) is 95.9 Å². The second-order valence-electron chi connectivity index (χ2n) is 14.8. The van der Waals surface area contributed by atoms with E-state index in [1.165, 1.54) is 57.8 Å². The van der Waals surface area contributed by atoms with E-state index in [0.29, 0.717) is 19.3 Å². The molecule has 3 N–H and O–H groups in total. The van der Waals surface area contributed by atoms with Gasteiger partial charge >= 0.3 is 5.97 Å². The molecule has 0 saturated heterocycles. The molecule has 0 saturated carbocycles. The fourth-order valence-corrected chi connectivity index (χ4v) is 6.17. The molecule has 0 aromatic carbocycles. The third-order valence-corrected chi connectivity index (χ3v) is 9.54. The Kier molecular flexibility index (Phi) is 40.4. The highest BCUT2D eigenvalue weighted by molar-refractivity contribution is 5.77. The van der Waals surface area contributed by atoms with Crippen molar-refractivity contribution in [2.45, 2.75) is 200 Å². The van der Waals surface area contributed by atoms with Gasteiger partial charge in [-0.3, -0.25) is 9.59 Å². The number of unbranched alkanes of at least 4 members (excludes halogenated alkanes) is 15. The van der Waals surface area contributed by atoms with Gasteiger partial charge < -0.3 is 20.3 Å². The van der Waals surface area contributed by atoms with Crippen molar-refractivity contribution in [2.24, 2.45) is 0 Å². The van der Waals surface area contributed by atoms with Crippen molar-refractivity contribution in [1.29, 1.82) is 0 Å². The van der Waals surface area contributed by atoms with Gasteiger partial charge in [0.2, 0.25) is 5.91 Å². The maximum atomic E-state index is 13.1. The minimum Gasteiger partial charge on any atom is -0.461 e. The molecule has 0 radical (unpaired) electrons. The first-order valence-corrected chi connectivity index (χ1v) is 22.5. The maximum absolute atomic E-state index is 13.1. The second-order valence-corrected chi connectivity index (χ2v) is 14.8. The van der Waals surface area contributed by atoms with Crippen LogP contribution in [-0.4, -0.2) is 46.9 Å². The van der Waals surface area contributed by atoms with Crippen LogP contribution in [-0.2, 0) is 14.3 Å². The summed E-state index contributed by atoms with van der Waals surface area (Å²) in [6.07, 6.45) is 56.3. The van der Waals surface area contributed by atoms with Crippen LogP contribution >= 0.6 is 0 Å². The molecule has 318 valence electrons. The van der Waals surface area contributed by atoms with Crippen LogP contribution in [0, 0.1) is 0 Å². The van der Waals surface area contributed by atoms with Gasteiger partial charge in [0, 0.05) is 12.8 Å². The van der Waals surface area contributed by atoms with Crippen LogP contribution in [0.15, 0.2) is 97.2 Å². The normalized spacial score (nSPS) is 14.3. The van der Waals surface area contributed by atoms with E-state index >= 15 is 0 Å². The molecule has 1 amide bonds. The standard InChI is InChI=1S/C50H83NO5/c1-4-7-10-13-16-19-22-23-24-25-26-28-31-34-37-40-43-50(55)56-46(41-38-35-32-29-27-20-17-14-11-8-5-2)44-49(54)51-47(45-52)48(53)42-39-36-33-30-21-18-15-12-9-6-3/h7-8,10-11,14,16-17,19-20,23-24,27,29,32,35,38,46-48,52-53H,4-6,9,12-13,15,18,21-22,25-26,28,30-31,33-34,36-37,39-45H2,1-3H3,(H,51,54)/b10-7+,11-8+,17-14+,19-16+,24-23+,27-20-,32-29-,38-35+. The average molecular weight is 778 g/mol. The number of hydrogen-bond acceptors (Lipinski definition) is 5. The summed E-state index contributed by atoms with van der Waals surface area (Å²) in [5.41, 5.74) is 0. The minimum absolute atomic E-state index is 0.0295. The lowest BCUT2D eigenvalue weighted by Gasteiger charge is -2.24. The second kappa shape index (κ2) is 42.9. The number of rotatable bonds is 38. The molecule has 3 unspecified atom stereocenters. The lowest BCUT2D eigenvalue weighted by molar-refractivity contribution is -0.150. The molecule has 0 bridgehead atoms. The quantitative estimate of drug-likeness (QED) is 0.0251. The zero-order chi connectivity index (χ0) is 41.0. The van der Waals surface area contributed by atoms with Crippen molar-refractivity contribution < 1.29 is 24.5 Å². The summed E-state index contributed by atoms with van der Waals surface area (Å²) in [4.78, 5) is 25.9. The summed E-state index contributed by atoms with van der Waals surface area (Å²) in [5, 5.41) is 23.5.